The molecule has 0 bridgehead atoms. The average molecular weight is 392 g/mol. The van der Waals surface area contributed by atoms with Crippen molar-refractivity contribution in [3.8, 4) is 0 Å². The van der Waals surface area contributed by atoms with E-state index < -0.39 is 11.9 Å². The van der Waals surface area contributed by atoms with Gasteiger partial charge < -0.3 is 20.5 Å². The number of hydrogen-bond acceptors (Lipinski definition) is 5. The molecule has 0 unspecified atom stereocenters. The van der Waals surface area contributed by atoms with E-state index in [2.05, 4.69) is 5.32 Å². The van der Waals surface area contributed by atoms with Gasteiger partial charge in [0.25, 0.3) is 5.91 Å². The fourth-order valence-corrected chi connectivity index (χ4v) is 3.30. The number of rotatable bonds is 5. The van der Waals surface area contributed by atoms with Gasteiger partial charge in [-0.05, 0) is 38.5 Å². The molecule has 0 fully saturated rings. The van der Waals surface area contributed by atoms with E-state index in [4.69, 9.17) is 15.2 Å². The lowest BCUT2D eigenvalue weighted by atomic mass is 9.82. The maximum atomic E-state index is 13.2. The highest BCUT2D eigenvalue weighted by atomic mass is 16.5. The molecule has 2 aromatic carbocycles. The number of allylic oxidation sites excluding steroid dienone is 1. The summed E-state index contributed by atoms with van der Waals surface area (Å²) in [5.41, 5.74) is 8.96. The summed E-state index contributed by atoms with van der Waals surface area (Å²) < 4.78 is 10.8. The van der Waals surface area contributed by atoms with Crippen LogP contribution in [0.4, 0.5) is 5.69 Å². The van der Waals surface area contributed by atoms with E-state index in [1.807, 2.05) is 49.4 Å². The third kappa shape index (κ3) is 4.32. The second kappa shape index (κ2) is 8.65. The largest absolute Gasteiger partial charge is 0.462 e. The molecule has 3 rings (SSSR count). The zero-order valence-electron chi connectivity index (χ0n) is 16.7. The Morgan fingerprint density at radius 2 is 1.69 bits per heavy atom. The van der Waals surface area contributed by atoms with Crippen LogP contribution in [0.3, 0.4) is 0 Å². The molecular formula is C23H24N2O4. The van der Waals surface area contributed by atoms with Crippen molar-refractivity contribution in [1.29, 1.82) is 0 Å². The van der Waals surface area contributed by atoms with Gasteiger partial charge >= 0.3 is 5.97 Å². The van der Waals surface area contributed by atoms with E-state index in [1.165, 1.54) is 0 Å². The predicted molar refractivity (Wildman–Crippen MR) is 111 cm³/mol. The van der Waals surface area contributed by atoms with Crippen LogP contribution in [-0.4, -0.2) is 18.5 Å². The van der Waals surface area contributed by atoms with Crippen molar-refractivity contribution in [1.82, 2.24) is 0 Å². The summed E-state index contributed by atoms with van der Waals surface area (Å²) in [6, 6.07) is 16.7. The number of nitrogens with one attached hydrogen (secondary N) is 1. The molecule has 0 radical (unpaired) electrons. The molecule has 0 saturated heterocycles. The topological polar surface area (TPSA) is 90.7 Å². The molecular weight excluding hydrogens is 368 g/mol. The maximum absolute atomic E-state index is 13.2. The van der Waals surface area contributed by atoms with Crippen molar-refractivity contribution in [2.45, 2.75) is 26.7 Å². The summed E-state index contributed by atoms with van der Waals surface area (Å²) in [6.45, 7) is 5.53. The van der Waals surface area contributed by atoms with Gasteiger partial charge in [-0.3, -0.25) is 4.79 Å². The molecule has 29 heavy (non-hydrogen) atoms. The zero-order chi connectivity index (χ0) is 21.0. The van der Waals surface area contributed by atoms with Crippen LogP contribution in [0.25, 0.3) is 0 Å². The molecule has 1 aliphatic rings. The number of aryl methyl sites for hydroxylation is 1. The second-order valence-corrected chi connectivity index (χ2v) is 6.73. The van der Waals surface area contributed by atoms with Crippen molar-refractivity contribution in [2.75, 3.05) is 11.9 Å². The summed E-state index contributed by atoms with van der Waals surface area (Å²) in [5.74, 6) is -1.38. The van der Waals surface area contributed by atoms with Crippen molar-refractivity contribution in [3.63, 3.8) is 0 Å². The van der Waals surface area contributed by atoms with E-state index in [1.54, 1.807) is 26.0 Å². The number of nitrogens with two attached hydrogens (primary N) is 1. The molecule has 1 aliphatic heterocycles. The lowest BCUT2D eigenvalue weighted by Gasteiger charge is -2.29. The molecule has 2 aromatic rings. The Balaban J connectivity index is 2.08. The number of benzene rings is 2. The number of ether oxygens (including phenoxy) is 2. The molecule has 1 heterocycles. The minimum absolute atomic E-state index is 0.0530. The third-order valence-corrected chi connectivity index (χ3v) is 4.67. The van der Waals surface area contributed by atoms with Crippen LogP contribution in [0, 0.1) is 6.92 Å². The van der Waals surface area contributed by atoms with Crippen LogP contribution in [0.1, 0.15) is 30.9 Å². The average Bonchev–Trinajstić information content (AvgIpc) is 2.68. The first-order valence-corrected chi connectivity index (χ1v) is 9.40. The number of carbonyl (C=O) groups is 2. The van der Waals surface area contributed by atoms with Crippen LogP contribution < -0.4 is 11.1 Å². The van der Waals surface area contributed by atoms with E-state index in [-0.39, 0.29) is 24.0 Å². The van der Waals surface area contributed by atoms with Gasteiger partial charge in [0.1, 0.15) is 11.3 Å². The first kappa shape index (κ1) is 20.2. The SMILES string of the molecule is CCOC(=O)C1=C(N)OC(C)=C(C(=O)Nc2ccccc2)[C@H]1c1ccc(C)cc1. The Bertz CT molecular complexity index is 976. The maximum Gasteiger partial charge on any atom is 0.340 e. The molecule has 3 N–H and O–H groups in total. The Morgan fingerprint density at radius 3 is 2.31 bits per heavy atom. The molecule has 0 aromatic heterocycles. The van der Waals surface area contributed by atoms with Crippen LogP contribution in [-0.2, 0) is 19.1 Å². The highest BCUT2D eigenvalue weighted by Crippen LogP contribution is 2.40. The van der Waals surface area contributed by atoms with E-state index in [0.717, 1.165) is 11.1 Å². The van der Waals surface area contributed by atoms with Crippen molar-refractivity contribution >= 4 is 17.6 Å². The van der Waals surface area contributed by atoms with Gasteiger partial charge in [-0.1, -0.05) is 48.0 Å². The quantitative estimate of drug-likeness (QED) is 0.756. The molecule has 0 saturated carbocycles. The number of hydrogen-bond donors (Lipinski definition) is 2. The number of amides is 1. The molecule has 0 spiro atoms. The summed E-state index contributed by atoms with van der Waals surface area (Å²) >= 11 is 0. The van der Waals surface area contributed by atoms with Gasteiger partial charge in [0.2, 0.25) is 5.88 Å². The minimum atomic E-state index is -0.702. The van der Waals surface area contributed by atoms with Crippen molar-refractivity contribution in [2.24, 2.45) is 5.73 Å². The van der Waals surface area contributed by atoms with Crippen molar-refractivity contribution < 1.29 is 19.1 Å². The number of para-hydroxylation sites is 1. The lowest BCUT2D eigenvalue weighted by molar-refractivity contribution is -0.139. The number of anilines is 1. The normalized spacial score (nSPS) is 16.3. The molecule has 6 heteroatoms. The number of esters is 1. The number of carbonyl (C=O) groups excluding carboxylic acids is 2. The Kier molecular flexibility index (Phi) is 6.02. The fraction of sp³-hybridized carbons (Fsp3) is 0.217. The third-order valence-electron chi connectivity index (χ3n) is 4.67. The highest BCUT2D eigenvalue weighted by Gasteiger charge is 2.39. The first-order valence-electron chi connectivity index (χ1n) is 9.40. The van der Waals surface area contributed by atoms with Crippen LogP contribution >= 0.6 is 0 Å². The highest BCUT2D eigenvalue weighted by molar-refractivity contribution is 6.08. The van der Waals surface area contributed by atoms with Crippen LogP contribution in [0.5, 0.6) is 0 Å². The van der Waals surface area contributed by atoms with E-state index >= 15 is 0 Å². The van der Waals surface area contributed by atoms with Gasteiger partial charge in [-0.15, -0.1) is 0 Å². The summed E-state index contributed by atoms with van der Waals surface area (Å²) in [4.78, 5) is 25.9. The minimum Gasteiger partial charge on any atom is -0.462 e. The van der Waals surface area contributed by atoms with Crippen LogP contribution in [0.2, 0.25) is 0 Å². The van der Waals surface area contributed by atoms with Crippen molar-refractivity contribution in [3.05, 3.63) is 88.5 Å². The standard InChI is InChI=1S/C23H24N2O4/c1-4-28-23(27)20-19(16-12-10-14(2)11-13-16)18(15(3)29-21(20)24)22(26)25-17-8-6-5-7-9-17/h5-13,19H,4,24H2,1-3H3,(H,25,26)/t19-/m1/s1. The van der Waals surface area contributed by atoms with Crippen LogP contribution in [0.15, 0.2) is 77.4 Å². The smallest absolute Gasteiger partial charge is 0.340 e. The van der Waals surface area contributed by atoms with E-state index in [9.17, 15) is 9.59 Å². The van der Waals surface area contributed by atoms with E-state index in [0.29, 0.717) is 17.0 Å². The van der Waals surface area contributed by atoms with Gasteiger partial charge in [-0.2, -0.15) is 0 Å². The van der Waals surface area contributed by atoms with Gasteiger partial charge in [0, 0.05) is 5.69 Å². The Hall–Kier alpha value is -3.54. The second-order valence-electron chi connectivity index (χ2n) is 6.73. The first-order chi connectivity index (χ1) is 13.9. The molecule has 150 valence electrons. The fourth-order valence-electron chi connectivity index (χ4n) is 3.30. The molecule has 1 atom stereocenters. The monoisotopic (exact) mass is 392 g/mol. The molecule has 6 nitrogen and oxygen atoms in total. The van der Waals surface area contributed by atoms with Gasteiger partial charge in [-0.25, -0.2) is 4.79 Å². The summed E-state index contributed by atoms with van der Waals surface area (Å²) in [5, 5.41) is 2.87. The molecule has 0 aliphatic carbocycles. The summed E-state index contributed by atoms with van der Waals surface area (Å²) in [7, 11) is 0. The van der Waals surface area contributed by atoms with Gasteiger partial charge in [0.15, 0.2) is 0 Å². The Labute approximate surface area is 170 Å². The molecule has 1 amide bonds. The zero-order valence-corrected chi connectivity index (χ0v) is 16.7. The lowest BCUT2D eigenvalue weighted by Crippen LogP contribution is -2.31. The predicted octanol–water partition coefficient (Wildman–Crippen LogP) is 3.75. The Morgan fingerprint density at radius 1 is 1.03 bits per heavy atom. The van der Waals surface area contributed by atoms with Gasteiger partial charge in [0.05, 0.1) is 18.1 Å². The summed E-state index contributed by atoms with van der Waals surface area (Å²) in [6.07, 6.45) is 0.